The lowest BCUT2D eigenvalue weighted by atomic mass is 9.82. The van der Waals surface area contributed by atoms with E-state index in [1.165, 1.54) is 31.2 Å². The van der Waals surface area contributed by atoms with Crippen molar-refractivity contribution in [2.24, 2.45) is 16.8 Å². The summed E-state index contributed by atoms with van der Waals surface area (Å²) in [4.78, 5) is 9.44. The Morgan fingerprint density at radius 1 is 1.16 bits per heavy atom. The number of nitrogens with one attached hydrogen (secondary N) is 1. The van der Waals surface area contributed by atoms with Crippen LogP contribution in [-0.4, -0.2) is 75.4 Å². The Morgan fingerprint density at radius 3 is 2.56 bits per heavy atom. The number of hydrogen-bond donors (Lipinski definition) is 1. The minimum absolute atomic E-state index is 0. The molecule has 1 aromatic carbocycles. The Hall–Kier alpha value is -1.06. The fourth-order valence-corrected chi connectivity index (χ4v) is 5.45. The van der Waals surface area contributed by atoms with Crippen LogP contribution in [0.4, 0.5) is 0 Å². The number of guanidine groups is 1. The molecule has 0 spiro atoms. The van der Waals surface area contributed by atoms with Gasteiger partial charge in [0.1, 0.15) is 12.4 Å². The van der Waals surface area contributed by atoms with E-state index in [0.29, 0.717) is 12.6 Å². The first-order chi connectivity index (χ1) is 15.2. The number of likely N-dealkylation sites (tertiary alicyclic amines) is 1. The summed E-state index contributed by atoms with van der Waals surface area (Å²) in [5.41, 5.74) is 1.23. The van der Waals surface area contributed by atoms with Gasteiger partial charge in [-0.05, 0) is 62.3 Å². The molecule has 2 unspecified atom stereocenters. The lowest BCUT2D eigenvalue weighted by molar-refractivity contribution is 0.0392. The van der Waals surface area contributed by atoms with E-state index in [4.69, 9.17) is 9.47 Å². The smallest absolute Gasteiger partial charge is 0.193 e. The molecule has 3 aliphatic rings. The third kappa shape index (κ3) is 6.97. The second-order valence-electron chi connectivity index (χ2n) is 9.43. The predicted octanol–water partition coefficient (Wildman–Crippen LogP) is 3.99. The molecule has 2 heterocycles. The molecule has 4 rings (SSSR count). The van der Waals surface area contributed by atoms with Gasteiger partial charge in [0.2, 0.25) is 0 Å². The summed E-state index contributed by atoms with van der Waals surface area (Å²) in [6.45, 7) is 6.51. The summed E-state index contributed by atoms with van der Waals surface area (Å²) in [6.07, 6.45) is 7.83. The Bertz CT molecular complexity index is 712. The molecule has 1 aliphatic carbocycles. The number of ether oxygens (including phenoxy) is 2. The quantitative estimate of drug-likeness (QED) is 0.313. The number of likely N-dealkylation sites (N-methyl/N-ethyl adjacent to an activating group) is 1. The number of halogens is 1. The molecule has 3 fully saturated rings. The van der Waals surface area contributed by atoms with Gasteiger partial charge < -0.3 is 19.7 Å². The molecule has 0 aromatic heterocycles. The zero-order valence-electron chi connectivity index (χ0n) is 19.8. The molecule has 2 saturated heterocycles. The van der Waals surface area contributed by atoms with Crippen molar-refractivity contribution in [3.63, 3.8) is 0 Å². The summed E-state index contributed by atoms with van der Waals surface area (Å²) in [5.74, 6) is 3.72. The third-order valence-corrected chi connectivity index (χ3v) is 7.36. The zero-order chi connectivity index (χ0) is 21.5. The number of benzene rings is 1. The van der Waals surface area contributed by atoms with Crippen LogP contribution in [-0.2, 0) is 11.3 Å². The van der Waals surface area contributed by atoms with Crippen LogP contribution in [0, 0.1) is 11.8 Å². The van der Waals surface area contributed by atoms with E-state index in [-0.39, 0.29) is 24.0 Å². The van der Waals surface area contributed by atoms with Gasteiger partial charge in [-0.15, -0.1) is 24.0 Å². The Kier molecular flexibility index (Phi) is 10.4. The van der Waals surface area contributed by atoms with Gasteiger partial charge in [-0.2, -0.15) is 0 Å². The molecule has 180 valence electrons. The van der Waals surface area contributed by atoms with Crippen LogP contribution >= 0.6 is 24.0 Å². The van der Waals surface area contributed by atoms with E-state index in [2.05, 4.69) is 51.4 Å². The maximum Gasteiger partial charge on any atom is 0.193 e. The summed E-state index contributed by atoms with van der Waals surface area (Å²) in [5, 5.41) is 3.58. The molecule has 1 saturated carbocycles. The molecule has 2 aliphatic heterocycles. The van der Waals surface area contributed by atoms with Crippen molar-refractivity contribution >= 4 is 29.9 Å². The number of fused-ring (bicyclic) bond motifs is 1. The van der Waals surface area contributed by atoms with Gasteiger partial charge in [-0.1, -0.05) is 25.0 Å². The van der Waals surface area contributed by atoms with Crippen molar-refractivity contribution in [3.05, 3.63) is 29.8 Å². The van der Waals surface area contributed by atoms with Gasteiger partial charge in [-0.25, -0.2) is 0 Å². The SMILES string of the molecule is CN=C(NCc1cccc(OCCN(C)C2CCOCC2)c1)N1CC2CCCCC2C1.I. The van der Waals surface area contributed by atoms with Gasteiger partial charge in [-0.3, -0.25) is 9.89 Å². The van der Waals surface area contributed by atoms with Crippen molar-refractivity contribution < 1.29 is 9.47 Å². The van der Waals surface area contributed by atoms with E-state index in [1.807, 2.05) is 7.05 Å². The Morgan fingerprint density at radius 2 is 1.88 bits per heavy atom. The second-order valence-corrected chi connectivity index (χ2v) is 9.43. The van der Waals surface area contributed by atoms with Crippen molar-refractivity contribution in [2.75, 3.05) is 53.6 Å². The van der Waals surface area contributed by atoms with Crippen molar-refractivity contribution in [1.29, 1.82) is 0 Å². The summed E-state index contributed by atoms with van der Waals surface area (Å²) in [6, 6.07) is 9.07. The van der Waals surface area contributed by atoms with Crippen LogP contribution < -0.4 is 10.1 Å². The highest BCUT2D eigenvalue weighted by Crippen LogP contribution is 2.36. The lowest BCUT2D eigenvalue weighted by Crippen LogP contribution is -2.39. The second kappa shape index (κ2) is 13.0. The van der Waals surface area contributed by atoms with Crippen LogP contribution in [0.3, 0.4) is 0 Å². The van der Waals surface area contributed by atoms with Crippen molar-refractivity contribution in [3.8, 4) is 5.75 Å². The van der Waals surface area contributed by atoms with E-state index >= 15 is 0 Å². The van der Waals surface area contributed by atoms with E-state index in [0.717, 1.165) is 75.8 Å². The molecule has 32 heavy (non-hydrogen) atoms. The maximum absolute atomic E-state index is 6.06. The molecule has 0 amide bonds. The van der Waals surface area contributed by atoms with Crippen LogP contribution in [0.2, 0.25) is 0 Å². The van der Waals surface area contributed by atoms with Gasteiger partial charge in [0.25, 0.3) is 0 Å². The topological polar surface area (TPSA) is 49.3 Å². The minimum atomic E-state index is 0. The predicted molar refractivity (Wildman–Crippen MR) is 141 cm³/mol. The molecule has 2 atom stereocenters. The van der Waals surface area contributed by atoms with Crippen molar-refractivity contribution in [1.82, 2.24) is 15.1 Å². The van der Waals surface area contributed by atoms with Crippen LogP contribution in [0.5, 0.6) is 5.75 Å². The Balaban J connectivity index is 0.00000289. The Labute approximate surface area is 211 Å². The first kappa shape index (κ1) is 25.6. The highest BCUT2D eigenvalue weighted by atomic mass is 127. The maximum atomic E-state index is 6.06. The molecule has 6 nitrogen and oxygen atoms in total. The first-order valence-corrected chi connectivity index (χ1v) is 12.2. The first-order valence-electron chi connectivity index (χ1n) is 12.2. The number of rotatable bonds is 7. The van der Waals surface area contributed by atoms with E-state index in [1.54, 1.807) is 0 Å². The van der Waals surface area contributed by atoms with Gasteiger partial charge in [0.05, 0.1) is 0 Å². The molecular weight excluding hydrogens is 515 g/mol. The third-order valence-electron chi connectivity index (χ3n) is 7.36. The molecule has 0 bridgehead atoms. The summed E-state index contributed by atoms with van der Waals surface area (Å²) >= 11 is 0. The standard InChI is InChI=1S/C25H40N4O2.HI/c1-26-25(29-18-21-7-3-4-8-22(21)19-29)27-17-20-6-5-9-24(16-20)31-15-12-28(2)23-10-13-30-14-11-23;/h5-6,9,16,21-23H,3-4,7-8,10-15,17-19H2,1-2H3,(H,26,27);1H. The van der Waals surface area contributed by atoms with Crippen molar-refractivity contribution in [2.45, 2.75) is 51.1 Å². The lowest BCUT2D eigenvalue weighted by Gasteiger charge is -2.31. The summed E-state index contributed by atoms with van der Waals surface area (Å²) in [7, 11) is 4.10. The highest BCUT2D eigenvalue weighted by Gasteiger charge is 2.35. The molecule has 1 N–H and O–H groups in total. The van der Waals surface area contributed by atoms with E-state index in [9.17, 15) is 0 Å². The average Bonchev–Trinajstić information content (AvgIpc) is 3.24. The van der Waals surface area contributed by atoms with Crippen LogP contribution in [0.1, 0.15) is 44.1 Å². The minimum Gasteiger partial charge on any atom is -0.492 e. The zero-order valence-corrected chi connectivity index (χ0v) is 22.1. The van der Waals surface area contributed by atoms with Crippen LogP contribution in [0.15, 0.2) is 29.3 Å². The fraction of sp³-hybridized carbons (Fsp3) is 0.720. The molecule has 0 radical (unpaired) electrons. The van der Waals surface area contributed by atoms with Gasteiger partial charge in [0.15, 0.2) is 5.96 Å². The normalized spacial score (nSPS) is 24.2. The molecule has 1 aromatic rings. The monoisotopic (exact) mass is 556 g/mol. The van der Waals surface area contributed by atoms with E-state index < -0.39 is 0 Å². The largest absolute Gasteiger partial charge is 0.492 e. The number of aliphatic imine (C=N–C) groups is 1. The molecular formula is C25H41IN4O2. The number of nitrogens with zero attached hydrogens (tertiary/aromatic N) is 3. The molecule has 7 heteroatoms. The fourth-order valence-electron chi connectivity index (χ4n) is 5.45. The average molecular weight is 557 g/mol. The number of hydrogen-bond acceptors (Lipinski definition) is 4. The van der Waals surface area contributed by atoms with Gasteiger partial charge >= 0.3 is 0 Å². The van der Waals surface area contributed by atoms with Crippen LogP contribution in [0.25, 0.3) is 0 Å². The summed E-state index contributed by atoms with van der Waals surface area (Å²) < 4.78 is 11.5. The van der Waals surface area contributed by atoms with Gasteiger partial charge in [0, 0.05) is 52.5 Å². The highest BCUT2D eigenvalue weighted by molar-refractivity contribution is 14.0.